The number of carbonyl (C=O) groups is 1. The van der Waals surface area contributed by atoms with Gasteiger partial charge in [0.2, 0.25) is 0 Å². The summed E-state index contributed by atoms with van der Waals surface area (Å²) in [6, 6.07) is 2.09. The van der Waals surface area contributed by atoms with Crippen molar-refractivity contribution in [2.24, 2.45) is 17.6 Å². The smallest absolute Gasteiger partial charge is 0.255 e. The number of nitrogens with zero attached hydrogens (tertiary/aromatic N) is 3. The predicted molar refractivity (Wildman–Crippen MR) is 76.2 cm³/mol. The van der Waals surface area contributed by atoms with E-state index in [1.807, 2.05) is 24.8 Å². The zero-order valence-corrected chi connectivity index (χ0v) is 12.2. The second-order valence-electron chi connectivity index (χ2n) is 6.21. The minimum absolute atomic E-state index is 0.0853. The average Bonchev–Trinajstić information content (AvgIpc) is 2.86. The van der Waals surface area contributed by atoms with Crippen molar-refractivity contribution in [3.63, 3.8) is 0 Å². The molecule has 3 unspecified atom stereocenters. The summed E-state index contributed by atoms with van der Waals surface area (Å²) in [5, 5.41) is 8.05. The summed E-state index contributed by atoms with van der Waals surface area (Å²) in [4.78, 5) is 14.6. The summed E-state index contributed by atoms with van der Waals surface area (Å²) in [7, 11) is 0. The van der Waals surface area contributed by atoms with Crippen LogP contribution in [0.2, 0.25) is 0 Å². The van der Waals surface area contributed by atoms with Gasteiger partial charge in [0.15, 0.2) is 0 Å². The van der Waals surface area contributed by atoms with Crippen LogP contribution in [0.1, 0.15) is 41.0 Å². The molecule has 1 aromatic heterocycles. The Balaban J connectivity index is 1.80. The zero-order valence-electron chi connectivity index (χ0n) is 12.2. The number of hydrogen-bond donors (Lipinski definition) is 1. The van der Waals surface area contributed by atoms with E-state index in [4.69, 9.17) is 5.73 Å². The van der Waals surface area contributed by atoms with Crippen LogP contribution in [0, 0.1) is 25.7 Å². The van der Waals surface area contributed by atoms with E-state index < -0.39 is 0 Å². The number of rotatable bonds is 1. The summed E-state index contributed by atoms with van der Waals surface area (Å²) in [6.45, 7) is 5.35. The van der Waals surface area contributed by atoms with Gasteiger partial charge in [-0.15, -0.1) is 0 Å². The van der Waals surface area contributed by atoms with E-state index in [0.29, 0.717) is 23.1 Å². The Bertz CT molecular complexity index is 531. The minimum Gasteiger partial charge on any atom is -0.338 e. The highest BCUT2D eigenvalue weighted by Crippen LogP contribution is 2.36. The first-order valence-electron chi connectivity index (χ1n) is 7.42. The molecule has 1 aliphatic heterocycles. The van der Waals surface area contributed by atoms with E-state index in [9.17, 15) is 4.79 Å². The monoisotopic (exact) mass is 274 g/mol. The van der Waals surface area contributed by atoms with E-state index in [-0.39, 0.29) is 11.9 Å². The molecule has 1 saturated heterocycles. The molecule has 0 spiro atoms. The van der Waals surface area contributed by atoms with E-state index in [1.54, 1.807) is 0 Å². The Morgan fingerprint density at radius 1 is 1.30 bits per heavy atom. The number of likely N-dealkylation sites (tertiary alicyclic amines) is 1. The van der Waals surface area contributed by atoms with Crippen LogP contribution in [0.25, 0.3) is 0 Å². The van der Waals surface area contributed by atoms with Gasteiger partial charge in [-0.3, -0.25) is 4.79 Å². The molecule has 2 aliphatic rings. The van der Waals surface area contributed by atoms with Gasteiger partial charge in [0.25, 0.3) is 5.91 Å². The number of nitrogens with two attached hydrogens (primary N) is 1. The van der Waals surface area contributed by atoms with Crippen molar-refractivity contribution in [2.75, 3.05) is 13.1 Å². The molecule has 0 radical (unpaired) electrons. The summed E-state index contributed by atoms with van der Waals surface area (Å²) < 4.78 is 0. The summed E-state index contributed by atoms with van der Waals surface area (Å²) >= 11 is 0. The molecule has 2 heterocycles. The molecule has 0 aromatic carbocycles. The van der Waals surface area contributed by atoms with Crippen molar-refractivity contribution in [2.45, 2.75) is 39.2 Å². The molecule has 5 heteroatoms. The van der Waals surface area contributed by atoms with E-state index in [1.165, 1.54) is 12.8 Å². The second-order valence-corrected chi connectivity index (χ2v) is 6.21. The van der Waals surface area contributed by atoms with Crippen molar-refractivity contribution >= 4 is 5.91 Å². The quantitative estimate of drug-likeness (QED) is 0.837. The lowest BCUT2D eigenvalue weighted by Crippen LogP contribution is -2.38. The van der Waals surface area contributed by atoms with Crippen molar-refractivity contribution in [3.05, 3.63) is 23.0 Å². The van der Waals surface area contributed by atoms with Crippen LogP contribution in [0.3, 0.4) is 0 Å². The van der Waals surface area contributed by atoms with Crippen molar-refractivity contribution in [3.8, 4) is 0 Å². The molecular weight excluding hydrogens is 252 g/mol. The molecule has 108 valence electrons. The van der Waals surface area contributed by atoms with Crippen LogP contribution < -0.4 is 5.73 Å². The Morgan fingerprint density at radius 3 is 2.85 bits per heavy atom. The maximum absolute atomic E-state index is 12.7. The van der Waals surface area contributed by atoms with Gasteiger partial charge in [-0.1, -0.05) is 6.42 Å². The van der Waals surface area contributed by atoms with Gasteiger partial charge in [0.1, 0.15) is 0 Å². The molecule has 1 saturated carbocycles. The van der Waals surface area contributed by atoms with E-state index in [2.05, 4.69) is 10.2 Å². The molecule has 1 amide bonds. The average molecular weight is 274 g/mol. The summed E-state index contributed by atoms with van der Waals surface area (Å²) in [6.07, 6.45) is 3.49. The lowest BCUT2D eigenvalue weighted by Gasteiger charge is -2.29. The first-order valence-corrected chi connectivity index (χ1v) is 7.42. The van der Waals surface area contributed by atoms with Gasteiger partial charge < -0.3 is 10.6 Å². The van der Waals surface area contributed by atoms with Crippen LogP contribution in [-0.2, 0) is 0 Å². The van der Waals surface area contributed by atoms with Gasteiger partial charge in [-0.05, 0) is 44.6 Å². The molecular formula is C15H22N4O. The van der Waals surface area contributed by atoms with E-state index in [0.717, 1.165) is 25.2 Å². The number of aryl methyl sites for hydroxylation is 2. The molecule has 20 heavy (non-hydrogen) atoms. The second kappa shape index (κ2) is 5.13. The summed E-state index contributed by atoms with van der Waals surface area (Å²) in [5.41, 5.74) is 8.39. The third kappa shape index (κ3) is 2.30. The number of carbonyl (C=O) groups excluding carboxylic acids is 1. The SMILES string of the molecule is Cc1cc(C(=O)N2CC3CCCC(N)C3C2)c(C)nn1. The maximum Gasteiger partial charge on any atom is 0.255 e. The first-order chi connectivity index (χ1) is 9.56. The standard InChI is InChI=1S/C15H22N4O/c1-9-6-12(10(2)18-17-9)15(20)19-7-11-4-3-5-14(16)13(11)8-19/h6,11,13-14H,3-5,7-8,16H2,1-2H3. The number of fused-ring (bicyclic) bond motifs is 1. The molecule has 0 bridgehead atoms. The highest BCUT2D eigenvalue weighted by atomic mass is 16.2. The van der Waals surface area contributed by atoms with Crippen LogP contribution >= 0.6 is 0 Å². The van der Waals surface area contributed by atoms with Crippen molar-refractivity contribution in [1.29, 1.82) is 0 Å². The van der Waals surface area contributed by atoms with Gasteiger partial charge in [0.05, 0.1) is 17.0 Å². The molecule has 3 rings (SSSR count). The molecule has 3 atom stereocenters. The Kier molecular flexibility index (Phi) is 3.46. The zero-order chi connectivity index (χ0) is 14.3. The Labute approximate surface area is 119 Å². The predicted octanol–water partition coefficient (Wildman–Crippen LogP) is 1.29. The van der Waals surface area contributed by atoms with Crippen LogP contribution in [0.5, 0.6) is 0 Å². The van der Waals surface area contributed by atoms with Gasteiger partial charge in [0, 0.05) is 19.1 Å². The van der Waals surface area contributed by atoms with E-state index >= 15 is 0 Å². The number of aromatic nitrogens is 2. The molecule has 2 fully saturated rings. The molecule has 5 nitrogen and oxygen atoms in total. The largest absolute Gasteiger partial charge is 0.338 e. The van der Waals surface area contributed by atoms with Crippen molar-refractivity contribution in [1.82, 2.24) is 15.1 Å². The lowest BCUT2D eigenvalue weighted by atomic mass is 9.78. The minimum atomic E-state index is 0.0853. The molecule has 2 N–H and O–H groups in total. The number of hydrogen-bond acceptors (Lipinski definition) is 4. The van der Waals surface area contributed by atoms with Crippen molar-refractivity contribution < 1.29 is 4.79 Å². The molecule has 1 aliphatic carbocycles. The fourth-order valence-electron chi connectivity index (χ4n) is 3.62. The topological polar surface area (TPSA) is 72.1 Å². The van der Waals surface area contributed by atoms with Crippen LogP contribution in [-0.4, -0.2) is 40.1 Å². The Hall–Kier alpha value is -1.49. The fourth-order valence-corrected chi connectivity index (χ4v) is 3.62. The van der Waals surface area contributed by atoms with Crippen LogP contribution in [0.4, 0.5) is 0 Å². The summed E-state index contributed by atoms with van der Waals surface area (Å²) in [5.74, 6) is 1.14. The normalized spacial score (nSPS) is 29.4. The first kappa shape index (κ1) is 13.5. The third-order valence-corrected chi connectivity index (χ3v) is 4.77. The number of amides is 1. The third-order valence-electron chi connectivity index (χ3n) is 4.77. The molecule has 1 aromatic rings. The highest BCUT2D eigenvalue weighted by Gasteiger charge is 2.40. The highest BCUT2D eigenvalue weighted by molar-refractivity contribution is 5.95. The van der Waals surface area contributed by atoms with Gasteiger partial charge in [-0.25, -0.2) is 0 Å². The Morgan fingerprint density at radius 2 is 2.10 bits per heavy atom. The lowest BCUT2D eigenvalue weighted by molar-refractivity contribution is 0.0782. The maximum atomic E-state index is 12.7. The fraction of sp³-hybridized carbons (Fsp3) is 0.667. The van der Waals surface area contributed by atoms with Crippen LogP contribution in [0.15, 0.2) is 6.07 Å². The van der Waals surface area contributed by atoms with Gasteiger partial charge in [-0.2, -0.15) is 10.2 Å². The van der Waals surface area contributed by atoms with Gasteiger partial charge >= 0.3 is 0 Å².